The third-order valence-corrected chi connectivity index (χ3v) is 5.47. The molecule has 7 nitrogen and oxygen atoms in total. The molecular formula is C23H24O7. The third kappa shape index (κ3) is 3.14. The minimum absolute atomic E-state index is 0.000948. The highest BCUT2D eigenvalue weighted by molar-refractivity contribution is 6.01. The van der Waals surface area contributed by atoms with Crippen LogP contribution < -0.4 is 23.7 Å². The van der Waals surface area contributed by atoms with E-state index in [1.165, 1.54) is 14.2 Å². The molecule has 7 heteroatoms. The molecule has 0 spiro atoms. The van der Waals surface area contributed by atoms with Gasteiger partial charge in [0.1, 0.15) is 17.1 Å². The third-order valence-electron chi connectivity index (χ3n) is 5.47. The predicted molar refractivity (Wildman–Crippen MR) is 108 cm³/mol. The first-order chi connectivity index (χ1) is 14.3. The second-order valence-electron chi connectivity index (χ2n) is 7.97. The van der Waals surface area contributed by atoms with E-state index in [0.717, 1.165) is 5.56 Å². The second kappa shape index (κ2) is 7.23. The molecule has 0 saturated carbocycles. The van der Waals surface area contributed by atoms with E-state index >= 15 is 0 Å². The molecule has 0 saturated heterocycles. The monoisotopic (exact) mass is 412 g/mol. The van der Waals surface area contributed by atoms with Gasteiger partial charge in [-0.15, -0.1) is 0 Å². The summed E-state index contributed by atoms with van der Waals surface area (Å²) < 4.78 is 28.3. The van der Waals surface area contributed by atoms with Crippen LogP contribution >= 0.6 is 0 Å². The summed E-state index contributed by atoms with van der Waals surface area (Å²) in [6, 6.07) is 6.92. The van der Waals surface area contributed by atoms with Crippen molar-refractivity contribution in [1.29, 1.82) is 0 Å². The molecule has 1 atom stereocenters. The van der Waals surface area contributed by atoms with Crippen LogP contribution in [0.5, 0.6) is 28.7 Å². The minimum atomic E-state index is -0.660. The number of methoxy groups -OCH3 is 3. The number of esters is 1. The van der Waals surface area contributed by atoms with E-state index in [9.17, 15) is 9.59 Å². The highest BCUT2D eigenvalue weighted by Crippen LogP contribution is 2.52. The number of benzene rings is 2. The van der Waals surface area contributed by atoms with E-state index in [-0.39, 0.29) is 24.6 Å². The number of ketones is 1. The van der Waals surface area contributed by atoms with Gasteiger partial charge >= 0.3 is 5.97 Å². The standard InChI is InChI=1S/C23H24O7/c1-23(2)11-15(24)13-7-8-16-19(20(13)30-23)14(10-18(25)29-16)12-6-9-17(26-3)22(28-5)21(12)27-4/h6-9,14H,10-11H2,1-5H3/t14-/m1/s1. The Hall–Kier alpha value is -3.22. The maximum Gasteiger partial charge on any atom is 0.312 e. The Morgan fingerprint density at radius 3 is 2.37 bits per heavy atom. The molecule has 4 rings (SSSR count). The second-order valence-corrected chi connectivity index (χ2v) is 7.97. The summed E-state index contributed by atoms with van der Waals surface area (Å²) in [4.78, 5) is 25.2. The summed E-state index contributed by atoms with van der Waals surface area (Å²) in [7, 11) is 4.61. The van der Waals surface area contributed by atoms with E-state index in [1.807, 2.05) is 19.9 Å². The lowest BCUT2D eigenvalue weighted by Crippen LogP contribution is -2.37. The van der Waals surface area contributed by atoms with Gasteiger partial charge in [0.2, 0.25) is 5.75 Å². The molecule has 0 amide bonds. The highest BCUT2D eigenvalue weighted by Gasteiger charge is 2.41. The maximum absolute atomic E-state index is 12.8. The Kier molecular flexibility index (Phi) is 4.84. The predicted octanol–water partition coefficient (Wildman–Crippen LogP) is 3.90. The van der Waals surface area contributed by atoms with Crippen molar-refractivity contribution in [1.82, 2.24) is 0 Å². The van der Waals surface area contributed by atoms with Crippen molar-refractivity contribution >= 4 is 11.8 Å². The van der Waals surface area contributed by atoms with E-state index in [4.69, 9.17) is 23.7 Å². The van der Waals surface area contributed by atoms with Gasteiger partial charge in [-0.3, -0.25) is 9.59 Å². The van der Waals surface area contributed by atoms with Gasteiger partial charge in [-0.25, -0.2) is 0 Å². The van der Waals surface area contributed by atoms with Crippen molar-refractivity contribution in [3.63, 3.8) is 0 Å². The SMILES string of the molecule is COc1ccc([C@H]2CC(=O)Oc3ccc4c(c32)OC(C)(C)CC4=O)c(OC)c1OC. The Morgan fingerprint density at radius 1 is 0.967 bits per heavy atom. The van der Waals surface area contributed by atoms with Gasteiger partial charge in [0.15, 0.2) is 17.3 Å². The molecule has 158 valence electrons. The summed E-state index contributed by atoms with van der Waals surface area (Å²) >= 11 is 0. The molecule has 2 aromatic carbocycles. The number of carbonyl (C=O) groups excluding carboxylic acids is 2. The van der Waals surface area contributed by atoms with Crippen LogP contribution in [0.1, 0.15) is 54.1 Å². The van der Waals surface area contributed by atoms with Gasteiger partial charge < -0.3 is 23.7 Å². The fourth-order valence-corrected chi connectivity index (χ4v) is 4.22. The number of ether oxygens (including phenoxy) is 5. The van der Waals surface area contributed by atoms with Crippen LogP contribution in [0.4, 0.5) is 0 Å². The number of hydrogen-bond acceptors (Lipinski definition) is 7. The first-order valence-electron chi connectivity index (χ1n) is 9.68. The van der Waals surface area contributed by atoms with Gasteiger partial charge in [-0.05, 0) is 32.0 Å². The summed E-state index contributed by atoms with van der Waals surface area (Å²) in [5, 5.41) is 0. The quantitative estimate of drug-likeness (QED) is 0.557. The first kappa shape index (κ1) is 20.1. The molecule has 0 aliphatic carbocycles. The number of rotatable bonds is 4. The van der Waals surface area contributed by atoms with Crippen LogP contribution in [0, 0.1) is 0 Å². The normalized spacial score (nSPS) is 19.2. The lowest BCUT2D eigenvalue weighted by molar-refractivity contribution is -0.135. The summed E-state index contributed by atoms with van der Waals surface area (Å²) in [5.74, 6) is 1.44. The molecule has 0 fully saturated rings. The summed E-state index contributed by atoms with van der Waals surface area (Å²) in [6.45, 7) is 3.74. The fraction of sp³-hybridized carbons (Fsp3) is 0.391. The average molecular weight is 412 g/mol. The molecule has 0 bridgehead atoms. The number of fused-ring (bicyclic) bond motifs is 3. The molecule has 0 N–H and O–H groups in total. The van der Waals surface area contributed by atoms with Crippen molar-refractivity contribution in [2.45, 2.75) is 38.2 Å². The zero-order valence-electron chi connectivity index (χ0n) is 17.7. The molecule has 2 aliphatic rings. The Labute approximate surface area is 174 Å². The maximum atomic E-state index is 12.8. The van der Waals surface area contributed by atoms with E-state index in [0.29, 0.717) is 39.9 Å². The molecule has 2 aliphatic heterocycles. The Morgan fingerprint density at radius 2 is 1.70 bits per heavy atom. The van der Waals surface area contributed by atoms with Gasteiger partial charge in [0.25, 0.3) is 0 Å². The average Bonchev–Trinajstić information content (AvgIpc) is 2.70. The van der Waals surface area contributed by atoms with Crippen LogP contribution in [-0.2, 0) is 4.79 Å². The van der Waals surface area contributed by atoms with Crippen LogP contribution in [0.2, 0.25) is 0 Å². The van der Waals surface area contributed by atoms with Crippen molar-refractivity contribution in [3.05, 3.63) is 41.0 Å². The number of Topliss-reactive ketones (excluding diaryl/α,β-unsaturated/α-hetero) is 1. The zero-order valence-corrected chi connectivity index (χ0v) is 17.7. The molecule has 0 radical (unpaired) electrons. The van der Waals surface area contributed by atoms with E-state index in [2.05, 4.69) is 0 Å². The molecule has 0 aromatic heterocycles. The lowest BCUT2D eigenvalue weighted by Gasteiger charge is -2.36. The van der Waals surface area contributed by atoms with Gasteiger partial charge in [0, 0.05) is 17.0 Å². The smallest absolute Gasteiger partial charge is 0.312 e. The van der Waals surface area contributed by atoms with Crippen molar-refractivity contribution in [2.24, 2.45) is 0 Å². The number of hydrogen-bond donors (Lipinski definition) is 0. The number of carbonyl (C=O) groups is 2. The zero-order chi connectivity index (χ0) is 21.6. The fourth-order valence-electron chi connectivity index (χ4n) is 4.22. The Bertz CT molecular complexity index is 1040. The molecule has 2 aromatic rings. The molecule has 2 heterocycles. The van der Waals surface area contributed by atoms with E-state index in [1.54, 1.807) is 25.3 Å². The summed E-state index contributed by atoms with van der Waals surface area (Å²) in [6.07, 6.45) is 0.357. The minimum Gasteiger partial charge on any atom is -0.493 e. The van der Waals surface area contributed by atoms with Gasteiger partial charge in [-0.1, -0.05) is 6.07 Å². The van der Waals surface area contributed by atoms with Crippen LogP contribution in [-0.4, -0.2) is 38.7 Å². The highest BCUT2D eigenvalue weighted by atomic mass is 16.5. The Balaban J connectivity index is 1.97. The molecular weight excluding hydrogens is 388 g/mol. The topological polar surface area (TPSA) is 80.3 Å². The van der Waals surface area contributed by atoms with Crippen molar-refractivity contribution in [2.75, 3.05) is 21.3 Å². The van der Waals surface area contributed by atoms with Crippen molar-refractivity contribution < 1.29 is 33.3 Å². The molecule has 0 unspecified atom stereocenters. The van der Waals surface area contributed by atoms with Crippen LogP contribution in [0.25, 0.3) is 0 Å². The lowest BCUT2D eigenvalue weighted by atomic mass is 9.81. The van der Waals surface area contributed by atoms with Gasteiger partial charge in [-0.2, -0.15) is 0 Å². The first-order valence-corrected chi connectivity index (χ1v) is 9.68. The van der Waals surface area contributed by atoms with E-state index < -0.39 is 11.5 Å². The summed E-state index contributed by atoms with van der Waals surface area (Å²) in [5.41, 5.74) is 1.22. The van der Waals surface area contributed by atoms with Crippen molar-refractivity contribution in [3.8, 4) is 28.7 Å². The van der Waals surface area contributed by atoms with Gasteiger partial charge in [0.05, 0.1) is 39.7 Å². The largest absolute Gasteiger partial charge is 0.493 e. The van der Waals surface area contributed by atoms with Crippen LogP contribution in [0.3, 0.4) is 0 Å². The van der Waals surface area contributed by atoms with Crippen LogP contribution in [0.15, 0.2) is 24.3 Å². The molecule has 30 heavy (non-hydrogen) atoms.